The molecule has 7 heteroatoms. The zero-order valence-electron chi connectivity index (χ0n) is 14.0. The number of piperazine rings is 1. The summed E-state index contributed by atoms with van der Waals surface area (Å²) in [5.41, 5.74) is 0.529. The minimum Gasteiger partial charge on any atom is -0.340 e. The number of hydrogen-bond donors (Lipinski definition) is 1. The molecule has 24 heavy (non-hydrogen) atoms. The molecule has 132 valence electrons. The highest BCUT2D eigenvalue weighted by molar-refractivity contribution is 6.35. The molecule has 5 nitrogen and oxygen atoms in total. The summed E-state index contributed by atoms with van der Waals surface area (Å²) in [5.74, 6) is 0.132. The van der Waals surface area contributed by atoms with Gasteiger partial charge in [-0.25, -0.2) is 0 Å². The average molecular weight is 372 g/mol. The maximum Gasteiger partial charge on any atom is 0.225 e. The van der Waals surface area contributed by atoms with Crippen LogP contribution in [-0.4, -0.2) is 54.3 Å². The summed E-state index contributed by atoms with van der Waals surface area (Å²) in [4.78, 5) is 28.1. The Labute approximate surface area is 152 Å². The molecule has 1 aromatic rings. The van der Waals surface area contributed by atoms with E-state index in [4.69, 9.17) is 23.2 Å². The van der Waals surface area contributed by atoms with Gasteiger partial charge in [-0.05, 0) is 18.2 Å². The molecule has 1 saturated heterocycles. The molecular weight excluding hydrogens is 349 g/mol. The predicted molar refractivity (Wildman–Crippen MR) is 97.6 cm³/mol. The van der Waals surface area contributed by atoms with Gasteiger partial charge in [0.1, 0.15) is 0 Å². The number of carbonyl (C=O) groups is 2. The highest BCUT2D eigenvalue weighted by Gasteiger charge is 2.22. The van der Waals surface area contributed by atoms with Gasteiger partial charge in [-0.2, -0.15) is 0 Å². The molecule has 0 radical (unpaired) electrons. The van der Waals surface area contributed by atoms with Gasteiger partial charge >= 0.3 is 0 Å². The van der Waals surface area contributed by atoms with Crippen molar-refractivity contribution in [2.24, 2.45) is 5.92 Å². The molecule has 0 aliphatic carbocycles. The van der Waals surface area contributed by atoms with Crippen molar-refractivity contribution in [1.29, 1.82) is 0 Å². The number of nitrogens with one attached hydrogen (secondary N) is 1. The van der Waals surface area contributed by atoms with Crippen LogP contribution in [0.2, 0.25) is 10.0 Å². The largest absolute Gasteiger partial charge is 0.340 e. The number of hydrogen-bond acceptors (Lipinski definition) is 3. The Kier molecular flexibility index (Phi) is 6.90. The molecule has 2 amide bonds. The summed E-state index contributed by atoms with van der Waals surface area (Å²) < 4.78 is 0. The minimum atomic E-state index is -0.0974. The fourth-order valence-corrected chi connectivity index (χ4v) is 2.96. The van der Waals surface area contributed by atoms with Crippen LogP contribution in [0.1, 0.15) is 20.3 Å². The molecule has 0 saturated carbocycles. The maximum atomic E-state index is 12.1. The van der Waals surface area contributed by atoms with Crippen LogP contribution in [0.5, 0.6) is 0 Å². The first-order valence-corrected chi connectivity index (χ1v) is 8.88. The average Bonchev–Trinajstić information content (AvgIpc) is 2.56. The monoisotopic (exact) mass is 371 g/mol. The standard InChI is InChI=1S/C17H23Cl2N3O2/c1-12(2)17(24)22-9-7-21(8-10-22)6-5-16(23)20-15-11-13(18)3-4-14(15)19/h3-4,11-12H,5-10H2,1-2H3,(H,20,23). The lowest BCUT2D eigenvalue weighted by Crippen LogP contribution is -2.50. The molecule has 1 aliphatic rings. The quantitative estimate of drug-likeness (QED) is 0.864. The fraction of sp³-hybridized carbons (Fsp3) is 0.529. The van der Waals surface area contributed by atoms with Crippen LogP contribution >= 0.6 is 23.2 Å². The van der Waals surface area contributed by atoms with Gasteiger partial charge in [-0.1, -0.05) is 37.0 Å². The Hall–Kier alpha value is -1.30. The van der Waals surface area contributed by atoms with Crippen LogP contribution in [0, 0.1) is 5.92 Å². The number of carbonyl (C=O) groups excluding carboxylic acids is 2. The first-order valence-electron chi connectivity index (χ1n) is 8.13. The summed E-state index contributed by atoms with van der Waals surface area (Å²) >= 11 is 11.9. The van der Waals surface area contributed by atoms with Crippen molar-refractivity contribution in [1.82, 2.24) is 9.80 Å². The second-order valence-corrected chi connectivity index (χ2v) is 7.09. The molecule has 0 bridgehead atoms. The zero-order valence-corrected chi connectivity index (χ0v) is 15.5. The maximum absolute atomic E-state index is 12.1. The van der Waals surface area contributed by atoms with Gasteiger partial charge in [0.2, 0.25) is 11.8 Å². The van der Waals surface area contributed by atoms with E-state index in [1.807, 2.05) is 18.7 Å². The van der Waals surface area contributed by atoms with Gasteiger partial charge in [0, 0.05) is 50.1 Å². The van der Waals surface area contributed by atoms with Gasteiger partial charge in [-0.15, -0.1) is 0 Å². The van der Waals surface area contributed by atoms with Crippen molar-refractivity contribution in [3.05, 3.63) is 28.2 Å². The normalized spacial score (nSPS) is 15.6. The Bertz CT molecular complexity index is 599. The van der Waals surface area contributed by atoms with Crippen LogP contribution in [0.15, 0.2) is 18.2 Å². The van der Waals surface area contributed by atoms with Crippen LogP contribution in [-0.2, 0) is 9.59 Å². The number of nitrogens with zero attached hydrogens (tertiary/aromatic N) is 2. The molecule has 0 unspecified atom stereocenters. The molecule has 1 aliphatic heterocycles. The lowest BCUT2D eigenvalue weighted by Gasteiger charge is -2.35. The Morgan fingerprint density at radius 2 is 1.83 bits per heavy atom. The second kappa shape index (κ2) is 8.70. The number of halogens is 2. The van der Waals surface area contributed by atoms with Crippen molar-refractivity contribution in [2.45, 2.75) is 20.3 Å². The third-order valence-corrected chi connectivity index (χ3v) is 4.60. The van der Waals surface area contributed by atoms with E-state index in [9.17, 15) is 9.59 Å². The van der Waals surface area contributed by atoms with Crippen molar-refractivity contribution in [2.75, 3.05) is 38.0 Å². The fourth-order valence-electron chi connectivity index (χ4n) is 2.62. The van der Waals surface area contributed by atoms with Crippen LogP contribution in [0.3, 0.4) is 0 Å². The van der Waals surface area contributed by atoms with E-state index < -0.39 is 0 Å². The van der Waals surface area contributed by atoms with Crippen molar-refractivity contribution >= 4 is 40.7 Å². The second-order valence-electron chi connectivity index (χ2n) is 6.24. The zero-order chi connectivity index (χ0) is 17.7. The number of anilines is 1. The van der Waals surface area contributed by atoms with Crippen molar-refractivity contribution < 1.29 is 9.59 Å². The van der Waals surface area contributed by atoms with E-state index in [-0.39, 0.29) is 17.7 Å². The topological polar surface area (TPSA) is 52.7 Å². The van der Waals surface area contributed by atoms with E-state index in [1.54, 1.807) is 18.2 Å². The van der Waals surface area contributed by atoms with Gasteiger partial charge in [0.05, 0.1) is 10.7 Å². The first kappa shape index (κ1) is 19.0. The third-order valence-electron chi connectivity index (χ3n) is 4.04. The molecule has 1 N–H and O–H groups in total. The van der Waals surface area contributed by atoms with Gasteiger partial charge in [-0.3, -0.25) is 14.5 Å². The van der Waals surface area contributed by atoms with Gasteiger partial charge in [0.25, 0.3) is 0 Å². The van der Waals surface area contributed by atoms with Crippen molar-refractivity contribution in [3.8, 4) is 0 Å². The van der Waals surface area contributed by atoms with E-state index in [2.05, 4.69) is 10.2 Å². The summed E-state index contributed by atoms with van der Waals surface area (Å²) in [6, 6.07) is 4.97. The number of rotatable bonds is 5. The molecule has 1 aromatic carbocycles. The minimum absolute atomic E-state index is 0.0322. The highest BCUT2D eigenvalue weighted by Crippen LogP contribution is 2.25. The van der Waals surface area contributed by atoms with Crippen LogP contribution in [0.4, 0.5) is 5.69 Å². The lowest BCUT2D eigenvalue weighted by molar-refractivity contribution is -0.136. The summed E-state index contributed by atoms with van der Waals surface area (Å²) in [7, 11) is 0. The van der Waals surface area contributed by atoms with Gasteiger partial charge in [0.15, 0.2) is 0 Å². The van der Waals surface area contributed by atoms with E-state index in [0.29, 0.717) is 28.7 Å². The number of benzene rings is 1. The molecule has 1 fully saturated rings. The van der Waals surface area contributed by atoms with E-state index in [1.165, 1.54) is 0 Å². The predicted octanol–water partition coefficient (Wildman–Crippen LogP) is 3.12. The highest BCUT2D eigenvalue weighted by atomic mass is 35.5. The Morgan fingerprint density at radius 3 is 2.46 bits per heavy atom. The molecule has 0 atom stereocenters. The molecule has 2 rings (SSSR count). The molecule has 1 heterocycles. The Morgan fingerprint density at radius 1 is 1.17 bits per heavy atom. The lowest BCUT2D eigenvalue weighted by atomic mass is 10.1. The van der Waals surface area contributed by atoms with E-state index >= 15 is 0 Å². The third kappa shape index (κ3) is 5.36. The Balaban J connectivity index is 1.75. The molecule has 0 spiro atoms. The summed E-state index contributed by atoms with van der Waals surface area (Å²) in [6.07, 6.45) is 0.376. The van der Waals surface area contributed by atoms with Crippen molar-refractivity contribution in [3.63, 3.8) is 0 Å². The number of amides is 2. The van der Waals surface area contributed by atoms with Crippen LogP contribution < -0.4 is 5.32 Å². The molecule has 0 aromatic heterocycles. The first-order chi connectivity index (χ1) is 11.4. The van der Waals surface area contributed by atoms with E-state index in [0.717, 1.165) is 26.2 Å². The summed E-state index contributed by atoms with van der Waals surface area (Å²) in [6.45, 7) is 7.53. The summed E-state index contributed by atoms with van der Waals surface area (Å²) in [5, 5.41) is 3.78. The molecular formula is C17H23Cl2N3O2. The SMILES string of the molecule is CC(C)C(=O)N1CCN(CCC(=O)Nc2cc(Cl)ccc2Cl)CC1. The smallest absolute Gasteiger partial charge is 0.225 e. The van der Waals surface area contributed by atoms with Crippen LogP contribution in [0.25, 0.3) is 0 Å². The van der Waals surface area contributed by atoms with Gasteiger partial charge < -0.3 is 10.2 Å².